The van der Waals surface area contributed by atoms with Gasteiger partial charge in [-0.05, 0) is 19.4 Å². The van der Waals surface area contributed by atoms with Crippen molar-refractivity contribution in [2.24, 2.45) is 11.3 Å². The van der Waals surface area contributed by atoms with Gasteiger partial charge in [0.05, 0.1) is 0 Å². The molecule has 0 aromatic rings. The highest BCUT2D eigenvalue weighted by Gasteiger charge is 2.31. The molecule has 1 atom stereocenters. The summed E-state index contributed by atoms with van der Waals surface area (Å²) in [4.78, 5) is 29.0. The summed E-state index contributed by atoms with van der Waals surface area (Å²) in [5.74, 6) is 0.372. The fourth-order valence-corrected chi connectivity index (χ4v) is 2.31. The topological polar surface area (TPSA) is 52.7 Å². The number of amides is 2. The maximum absolute atomic E-state index is 12.7. The van der Waals surface area contributed by atoms with E-state index in [-0.39, 0.29) is 11.8 Å². The molecule has 1 aliphatic rings. The second-order valence-corrected chi connectivity index (χ2v) is 7.53. The number of piperazine rings is 1. The van der Waals surface area contributed by atoms with E-state index in [1.165, 1.54) is 0 Å². The van der Waals surface area contributed by atoms with Crippen LogP contribution in [-0.2, 0) is 9.59 Å². The van der Waals surface area contributed by atoms with Crippen LogP contribution in [0.3, 0.4) is 0 Å². The van der Waals surface area contributed by atoms with E-state index in [2.05, 4.69) is 31.1 Å². The van der Waals surface area contributed by atoms with Gasteiger partial charge in [-0.2, -0.15) is 0 Å². The van der Waals surface area contributed by atoms with Crippen LogP contribution < -0.4 is 5.32 Å². The Morgan fingerprint density at radius 2 is 1.62 bits per heavy atom. The number of rotatable bonds is 4. The summed E-state index contributed by atoms with van der Waals surface area (Å²) < 4.78 is 0. The summed E-state index contributed by atoms with van der Waals surface area (Å²) in [5, 5.41) is 2.95. The predicted molar refractivity (Wildman–Crippen MR) is 84.9 cm³/mol. The summed E-state index contributed by atoms with van der Waals surface area (Å²) in [6.07, 6.45) is 0.687. The molecule has 0 aromatic carbocycles. The predicted octanol–water partition coefficient (Wildman–Crippen LogP) is 1.34. The van der Waals surface area contributed by atoms with Crippen LogP contribution in [-0.4, -0.2) is 60.9 Å². The monoisotopic (exact) mass is 297 g/mol. The second kappa shape index (κ2) is 7.25. The summed E-state index contributed by atoms with van der Waals surface area (Å²) in [6, 6.07) is -0.403. The summed E-state index contributed by atoms with van der Waals surface area (Å²) in [6.45, 7) is 13.0. The average Bonchev–Trinajstić information content (AvgIpc) is 2.36. The molecule has 0 spiro atoms. The molecule has 21 heavy (non-hydrogen) atoms. The van der Waals surface area contributed by atoms with E-state index in [1.807, 2.05) is 25.7 Å². The van der Waals surface area contributed by atoms with Crippen molar-refractivity contribution in [3.05, 3.63) is 0 Å². The van der Waals surface area contributed by atoms with Crippen molar-refractivity contribution >= 4 is 11.8 Å². The van der Waals surface area contributed by atoms with Gasteiger partial charge in [0, 0.05) is 31.6 Å². The van der Waals surface area contributed by atoms with Gasteiger partial charge in [-0.25, -0.2) is 0 Å². The maximum Gasteiger partial charge on any atom is 0.245 e. The zero-order valence-electron chi connectivity index (χ0n) is 14.4. The smallest absolute Gasteiger partial charge is 0.245 e. The SMILES string of the molecule is CC(C)C[C@H](NC(=O)C(C)(C)C)C(=O)N1CCN(C)CC1. The second-order valence-electron chi connectivity index (χ2n) is 7.53. The molecule has 0 saturated carbocycles. The van der Waals surface area contributed by atoms with Crippen molar-refractivity contribution in [3.63, 3.8) is 0 Å². The van der Waals surface area contributed by atoms with Crippen LogP contribution >= 0.6 is 0 Å². The fourth-order valence-electron chi connectivity index (χ4n) is 2.31. The van der Waals surface area contributed by atoms with E-state index in [0.29, 0.717) is 12.3 Å². The lowest BCUT2D eigenvalue weighted by Crippen LogP contribution is -2.55. The van der Waals surface area contributed by atoms with Gasteiger partial charge in [0.1, 0.15) is 6.04 Å². The third kappa shape index (κ3) is 5.65. The minimum atomic E-state index is -0.475. The molecule has 1 N–H and O–H groups in total. The lowest BCUT2D eigenvalue weighted by Gasteiger charge is -2.35. The molecule has 1 saturated heterocycles. The number of carbonyl (C=O) groups excluding carboxylic acids is 2. The van der Waals surface area contributed by atoms with Crippen molar-refractivity contribution in [1.29, 1.82) is 0 Å². The van der Waals surface area contributed by atoms with Gasteiger partial charge in [0.25, 0.3) is 0 Å². The van der Waals surface area contributed by atoms with Gasteiger partial charge in [-0.1, -0.05) is 34.6 Å². The molecule has 1 heterocycles. The maximum atomic E-state index is 12.7. The number of nitrogens with one attached hydrogen (secondary N) is 1. The van der Waals surface area contributed by atoms with Crippen LogP contribution in [0.1, 0.15) is 41.0 Å². The molecule has 0 unspecified atom stereocenters. The molecule has 0 aromatic heterocycles. The molecule has 5 heteroatoms. The minimum Gasteiger partial charge on any atom is -0.344 e. The van der Waals surface area contributed by atoms with Crippen LogP contribution in [0, 0.1) is 11.3 Å². The molecule has 122 valence electrons. The van der Waals surface area contributed by atoms with Crippen LogP contribution in [0.25, 0.3) is 0 Å². The zero-order valence-corrected chi connectivity index (χ0v) is 14.4. The molecular weight excluding hydrogens is 266 g/mol. The highest BCUT2D eigenvalue weighted by atomic mass is 16.2. The first-order valence-corrected chi connectivity index (χ1v) is 7.89. The standard InChI is InChI=1S/C16H31N3O2/c1-12(2)11-13(17-15(21)16(3,4)5)14(20)19-9-7-18(6)8-10-19/h12-13H,7-11H2,1-6H3,(H,17,21)/t13-/m0/s1. The number of carbonyl (C=O) groups is 2. The van der Waals surface area contributed by atoms with Crippen molar-refractivity contribution in [1.82, 2.24) is 15.1 Å². The van der Waals surface area contributed by atoms with E-state index < -0.39 is 11.5 Å². The minimum absolute atomic E-state index is 0.0596. The van der Waals surface area contributed by atoms with Crippen LogP contribution in [0.5, 0.6) is 0 Å². The highest BCUT2D eigenvalue weighted by molar-refractivity contribution is 5.89. The lowest BCUT2D eigenvalue weighted by molar-refractivity contribution is -0.140. The number of likely N-dealkylation sites (N-methyl/N-ethyl adjacent to an activating group) is 1. The molecule has 0 radical (unpaired) electrons. The van der Waals surface area contributed by atoms with Gasteiger partial charge in [-0.15, -0.1) is 0 Å². The number of hydrogen-bond acceptors (Lipinski definition) is 3. The largest absolute Gasteiger partial charge is 0.344 e. The van der Waals surface area contributed by atoms with Gasteiger partial charge in [-0.3, -0.25) is 9.59 Å². The van der Waals surface area contributed by atoms with Crippen LogP contribution in [0.4, 0.5) is 0 Å². The molecule has 0 bridgehead atoms. The van der Waals surface area contributed by atoms with Gasteiger partial charge in [0.15, 0.2) is 0 Å². The van der Waals surface area contributed by atoms with Crippen LogP contribution in [0.2, 0.25) is 0 Å². The van der Waals surface area contributed by atoms with E-state index in [4.69, 9.17) is 0 Å². The lowest BCUT2D eigenvalue weighted by atomic mass is 9.94. The number of nitrogens with zero attached hydrogens (tertiary/aromatic N) is 2. The number of hydrogen-bond donors (Lipinski definition) is 1. The zero-order chi connectivity index (χ0) is 16.2. The molecule has 1 aliphatic heterocycles. The molecule has 5 nitrogen and oxygen atoms in total. The van der Waals surface area contributed by atoms with Gasteiger partial charge >= 0.3 is 0 Å². The summed E-state index contributed by atoms with van der Waals surface area (Å²) in [7, 11) is 2.06. The Kier molecular flexibility index (Phi) is 6.20. The molecule has 1 rings (SSSR count). The Morgan fingerprint density at radius 3 is 2.05 bits per heavy atom. The normalized spacial score (nSPS) is 18.7. The third-order valence-corrected chi connectivity index (χ3v) is 3.81. The Labute approximate surface area is 129 Å². The van der Waals surface area contributed by atoms with Crippen LogP contribution in [0.15, 0.2) is 0 Å². The highest BCUT2D eigenvalue weighted by Crippen LogP contribution is 2.16. The molecule has 2 amide bonds. The van der Waals surface area contributed by atoms with Crippen molar-refractivity contribution in [2.75, 3.05) is 33.2 Å². The van der Waals surface area contributed by atoms with Crippen molar-refractivity contribution < 1.29 is 9.59 Å². The fraction of sp³-hybridized carbons (Fsp3) is 0.875. The Hall–Kier alpha value is -1.10. The summed E-state index contributed by atoms with van der Waals surface area (Å²) >= 11 is 0. The third-order valence-electron chi connectivity index (χ3n) is 3.81. The van der Waals surface area contributed by atoms with E-state index >= 15 is 0 Å². The van der Waals surface area contributed by atoms with E-state index in [9.17, 15) is 9.59 Å². The average molecular weight is 297 g/mol. The van der Waals surface area contributed by atoms with Crippen molar-refractivity contribution in [2.45, 2.75) is 47.1 Å². The first-order valence-electron chi connectivity index (χ1n) is 7.89. The summed E-state index contributed by atoms with van der Waals surface area (Å²) in [5.41, 5.74) is -0.475. The molecular formula is C16H31N3O2. The Bertz CT molecular complexity index is 366. The quantitative estimate of drug-likeness (QED) is 0.852. The Morgan fingerprint density at radius 1 is 1.10 bits per heavy atom. The van der Waals surface area contributed by atoms with E-state index in [1.54, 1.807) is 0 Å². The molecule has 1 fully saturated rings. The first kappa shape index (κ1) is 18.0. The van der Waals surface area contributed by atoms with E-state index in [0.717, 1.165) is 26.2 Å². The first-order chi connectivity index (χ1) is 9.61. The van der Waals surface area contributed by atoms with Crippen molar-refractivity contribution in [3.8, 4) is 0 Å². The molecule has 0 aliphatic carbocycles. The van der Waals surface area contributed by atoms with Gasteiger partial charge in [0.2, 0.25) is 11.8 Å². The Balaban J connectivity index is 2.72. The van der Waals surface area contributed by atoms with Gasteiger partial charge < -0.3 is 15.1 Å².